The van der Waals surface area contributed by atoms with Gasteiger partial charge in [0.25, 0.3) is 5.91 Å². The van der Waals surface area contributed by atoms with Gasteiger partial charge in [0.05, 0.1) is 0 Å². The van der Waals surface area contributed by atoms with Crippen LogP contribution in [0.1, 0.15) is 33.6 Å². The maximum absolute atomic E-state index is 13.1. The predicted octanol–water partition coefficient (Wildman–Crippen LogP) is 1.22. The van der Waals surface area contributed by atoms with Crippen LogP contribution >= 0.6 is 0 Å². The summed E-state index contributed by atoms with van der Waals surface area (Å²) in [5.74, 6) is -1.14. The Balaban J connectivity index is 3.72. The molecule has 0 heterocycles. The van der Waals surface area contributed by atoms with Gasteiger partial charge in [-0.05, 0) is 32.2 Å². The summed E-state index contributed by atoms with van der Waals surface area (Å²) in [4.78, 5) is 10.5. The maximum atomic E-state index is 13.1. The molecule has 4 heteroatoms. The summed E-state index contributed by atoms with van der Waals surface area (Å²) in [5, 5.41) is 3.23. The highest BCUT2D eigenvalue weighted by Gasteiger charge is 2.21. The first-order valence-corrected chi connectivity index (χ1v) is 5.15. The minimum absolute atomic E-state index is 0.284. The monoisotopic (exact) mass is 204 g/mol. The van der Waals surface area contributed by atoms with E-state index in [0.717, 1.165) is 13.0 Å². The normalized spacial score (nSPS) is 17.4. The lowest BCUT2D eigenvalue weighted by Crippen LogP contribution is -2.32. The van der Waals surface area contributed by atoms with Crippen LogP contribution in [0.5, 0.6) is 0 Å². The van der Waals surface area contributed by atoms with Crippen LogP contribution in [0.3, 0.4) is 0 Å². The Morgan fingerprint density at radius 2 is 2.00 bits per heavy atom. The molecule has 0 aliphatic heterocycles. The van der Waals surface area contributed by atoms with Crippen molar-refractivity contribution in [2.45, 2.75) is 45.8 Å². The molecule has 1 amide bonds. The molecule has 3 N–H and O–H groups in total. The number of amides is 1. The Morgan fingerprint density at radius 3 is 2.43 bits per heavy atom. The minimum atomic E-state index is -1.51. The number of hydrogen-bond donors (Lipinski definition) is 2. The van der Waals surface area contributed by atoms with Gasteiger partial charge in [-0.25, -0.2) is 4.39 Å². The van der Waals surface area contributed by atoms with E-state index in [2.05, 4.69) is 5.32 Å². The minimum Gasteiger partial charge on any atom is -0.367 e. The van der Waals surface area contributed by atoms with Gasteiger partial charge in [-0.1, -0.05) is 13.8 Å². The van der Waals surface area contributed by atoms with E-state index in [0.29, 0.717) is 12.5 Å². The summed E-state index contributed by atoms with van der Waals surface area (Å²) < 4.78 is 13.1. The van der Waals surface area contributed by atoms with E-state index in [4.69, 9.17) is 5.73 Å². The zero-order valence-corrected chi connectivity index (χ0v) is 9.22. The van der Waals surface area contributed by atoms with Crippen LogP contribution in [-0.2, 0) is 4.79 Å². The van der Waals surface area contributed by atoms with Crippen LogP contribution in [0.25, 0.3) is 0 Å². The highest BCUT2D eigenvalue weighted by atomic mass is 19.1. The molecule has 0 radical (unpaired) electrons. The molecule has 0 fully saturated rings. The van der Waals surface area contributed by atoms with Gasteiger partial charge in [0.1, 0.15) is 0 Å². The van der Waals surface area contributed by atoms with Gasteiger partial charge < -0.3 is 11.1 Å². The molecule has 0 saturated carbocycles. The van der Waals surface area contributed by atoms with Crippen molar-refractivity contribution in [3.05, 3.63) is 0 Å². The number of rotatable bonds is 7. The van der Waals surface area contributed by atoms with E-state index in [-0.39, 0.29) is 5.92 Å². The highest BCUT2D eigenvalue weighted by molar-refractivity contribution is 5.78. The smallest absolute Gasteiger partial charge is 0.252 e. The van der Waals surface area contributed by atoms with Crippen LogP contribution in [0.2, 0.25) is 0 Å². The first-order valence-electron chi connectivity index (χ1n) is 5.15. The van der Waals surface area contributed by atoms with Gasteiger partial charge in [0.15, 0.2) is 6.17 Å². The molecule has 0 bridgehead atoms. The molecule has 3 nitrogen and oxygen atoms in total. The number of nitrogens with two attached hydrogens (primary N) is 1. The maximum Gasteiger partial charge on any atom is 0.252 e. The molecule has 0 aliphatic carbocycles. The Bertz CT molecular complexity index is 176. The van der Waals surface area contributed by atoms with Crippen molar-refractivity contribution in [3.8, 4) is 0 Å². The SMILES string of the molecule is CCNC(C)CCC(C)C(F)C(N)=O. The largest absolute Gasteiger partial charge is 0.367 e. The Morgan fingerprint density at radius 1 is 1.43 bits per heavy atom. The summed E-state index contributed by atoms with van der Waals surface area (Å²) in [6.45, 7) is 6.70. The van der Waals surface area contributed by atoms with E-state index in [1.54, 1.807) is 6.92 Å². The van der Waals surface area contributed by atoms with Crippen LogP contribution in [0.4, 0.5) is 4.39 Å². The first kappa shape index (κ1) is 13.4. The van der Waals surface area contributed by atoms with E-state index in [9.17, 15) is 9.18 Å². The molecule has 0 spiro atoms. The summed E-state index contributed by atoms with van der Waals surface area (Å²) in [6.07, 6.45) is 0.0323. The Kier molecular flexibility index (Phi) is 6.45. The Labute approximate surface area is 85.2 Å². The van der Waals surface area contributed by atoms with E-state index in [1.807, 2.05) is 13.8 Å². The van der Waals surface area contributed by atoms with Crippen molar-refractivity contribution in [1.29, 1.82) is 0 Å². The summed E-state index contributed by atoms with van der Waals surface area (Å²) in [7, 11) is 0. The number of carbonyl (C=O) groups excluding carboxylic acids is 1. The van der Waals surface area contributed by atoms with E-state index < -0.39 is 12.1 Å². The third-order valence-electron chi connectivity index (χ3n) is 2.38. The quantitative estimate of drug-likeness (QED) is 0.655. The molecule has 0 saturated heterocycles. The topological polar surface area (TPSA) is 55.1 Å². The highest BCUT2D eigenvalue weighted by Crippen LogP contribution is 2.14. The van der Waals surface area contributed by atoms with Gasteiger partial charge in [-0.15, -0.1) is 0 Å². The van der Waals surface area contributed by atoms with Crippen LogP contribution in [0, 0.1) is 5.92 Å². The summed E-state index contributed by atoms with van der Waals surface area (Å²) >= 11 is 0. The van der Waals surface area contributed by atoms with Crippen molar-refractivity contribution >= 4 is 5.91 Å². The van der Waals surface area contributed by atoms with Gasteiger partial charge in [-0.2, -0.15) is 0 Å². The lowest BCUT2D eigenvalue weighted by molar-refractivity contribution is -0.124. The fraction of sp³-hybridized carbons (Fsp3) is 0.900. The van der Waals surface area contributed by atoms with E-state index >= 15 is 0 Å². The lowest BCUT2D eigenvalue weighted by atomic mass is 9.97. The molecular weight excluding hydrogens is 183 g/mol. The molecule has 84 valence electrons. The first-order chi connectivity index (χ1) is 6.49. The van der Waals surface area contributed by atoms with Gasteiger partial charge in [-0.3, -0.25) is 4.79 Å². The van der Waals surface area contributed by atoms with Gasteiger partial charge in [0.2, 0.25) is 0 Å². The average Bonchev–Trinajstić information content (AvgIpc) is 2.13. The van der Waals surface area contributed by atoms with Crippen LogP contribution in [-0.4, -0.2) is 24.7 Å². The summed E-state index contributed by atoms with van der Waals surface area (Å²) in [5.41, 5.74) is 4.87. The zero-order valence-electron chi connectivity index (χ0n) is 9.22. The molecule has 3 unspecified atom stereocenters. The van der Waals surface area contributed by atoms with Crippen molar-refractivity contribution < 1.29 is 9.18 Å². The molecule has 14 heavy (non-hydrogen) atoms. The zero-order chi connectivity index (χ0) is 11.1. The third kappa shape index (κ3) is 5.17. The second-order valence-electron chi connectivity index (χ2n) is 3.82. The molecule has 0 rings (SSSR count). The third-order valence-corrected chi connectivity index (χ3v) is 2.38. The molecule has 0 aromatic carbocycles. The number of carbonyl (C=O) groups is 1. The number of hydrogen-bond acceptors (Lipinski definition) is 2. The molecule has 0 aliphatic rings. The van der Waals surface area contributed by atoms with Crippen LogP contribution in [0.15, 0.2) is 0 Å². The second kappa shape index (κ2) is 6.76. The second-order valence-corrected chi connectivity index (χ2v) is 3.82. The number of primary amides is 1. The standard InChI is InChI=1S/C10H21FN2O/c1-4-13-8(3)6-5-7(2)9(11)10(12)14/h7-9,13H,4-6H2,1-3H3,(H2,12,14). The fourth-order valence-corrected chi connectivity index (χ4v) is 1.39. The van der Waals surface area contributed by atoms with Gasteiger partial charge >= 0.3 is 0 Å². The average molecular weight is 204 g/mol. The molecule has 3 atom stereocenters. The van der Waals surface area contributed by atoms with E-state index in [1.165, 1.54) is 0 Å². The Hall–Kier alpha value is -0.640. The van der Waals surface area contributed by atoms with Gasteiger partial charge in [0, 0.05) is 6.04 Å². The van der Waals surface area contributed by atoms with Crippen molar-refractivity contribution in [3.63, 3.8) is 0 Å². The van der Waals surface area contributed by atoms with Crippen molar-refractivity contribution in [1.82, 2.24) is 5.32 Å². The molecular formula is C10H21FN2O. The lowest BCUT2D eigenvalue weighted by Gasteiger charge is -2.17. The number of halogens is 1. The molecule has 0 aromatic heterocycles. The molecule has 0 aromatic rings. The van der Waals surface area contributed by atoms with Crippen LogP contribution < -0.4 is 11.1 Å². The number of alkyl halides is 1. The summed E-state index contributed by atoms with van der Waals surface area (Å²) in [6, 6.07) is 0.363. The number of nitrogens with one attached hydrogen (secondary N) is 1. The van der Waals surface area contributed by atoms with Crippen molar-refractivity contribution in [2.24, 2.45) is 11.7 Å². The van der Waals surface area contributed by atoms with Crippen molar-refractivity contribution in [2.75, 3.05) is 6.54 Å². The predicted molar refractivity (Wildman–Crippen MR) is 55.6 cm³/mol. The fourth-order valence-electron chi connectivity index (χ4n) is 1.39.